The van der Waals surface area contributed by atoms with Gasteiger partial charge in [-0.1, -0.05) is 36.9 Å². The van der Waals surface area contributed by atoms with Crippen molar-refractivity contribution in [3.63, 3.8) is 0 Å². The number of ether oxygens (including phenoxy) is 1. The van der Waals surface area contributed by atoms with Crippen LogP contribution in [0.3, 0.4) is 0 Å². The molecular formula is C24H25N3O2. The number of piperidine rings is 1. The van der Waals surface area contributed by atoms with Crippen LogP contribution in [-0.4, -0.2) is 28.5 Å². The lowest BCUT2D eigenvalue weighted by Crippen LogP contribution is -2.39. The van der Waals surface area contributed by atoms with Gasteiger partial charge < -0.3 is 19.9 Å². The van der Waals surface area contributed by atoms with Crippen LogP contribution in [0.25, 0.3) is 11.1 Å². The first-order valence-electron chi connectivity index (χ1n) is 9.86. The topological polar surface area (TPSA) is 60.5 Å². The standard InChI is InChI=1S/C24H25N3O2/c1-2-24(28)26-14-6-7-20(17-26)27-16-19(15-23(27)25)18-10-12-22(13-11-18)29-21-8-4-3-5-9-21/h2-5,8-13,15-16,20H,1,6-7,14,17,25H2. The molecule has 0 radical (unpaired) electrons. The summed E-state index contributed by atoms with van der Waals surface area (Å²) in [6, 6.07) is 19.9. The van der Waals surface area contributed by atoms with Crippen molar-refractivity contribution in [2.45, 2.75) is 18.9 Å². The van der Waals surface area contributed by atoms with E-state index in [9.17, 15) is 4.79 Å². The van der Waals surface area contributed by atoms with Gasteiger partial charge in [-0.2, -0.15) is 0 Å². The highest BCUT2D eigenvalue weighted by Crippen LogP contribution is 2.31. The SMILES string of the molecule is C=CC(=O)N1CCCC(n2cc(-c3ccc(Oc4ccccc4)cc3)cc2N)C1. The number of amides is 1. The van der Waals surface area contributed by atoms with Gasteiger partial charge in [0.05, 0.1) is 6.04 Å². The first kappa shape index (κ1) is 18.9. The van der Waals surface area contributed by atoms with Crippen molar-refractivity contribution in [3.8, 4) is 22.6 Å². The zero-order valence-electron chi connectivity index (χ0n) is 16.3. The molecule has 0 aliphatic carbocycles. The molecule has 1 fully saturated rings. The van der Waals surface area contributed by atoms with Crippen LogP contribution in [0.2, 0.25) is 0 Å². The van der Waals surface area contributed by atoms with Gasteiger partial charge in [-0.15, -0.1) is 0 Å². The minimum absolute atomic E-state index is 0.0188. The summed E-state index contributed by atoms with van der Waals surface area (Å²) < 4.78 is 7.95. The Labute approximate surface area is 171 Å². The summed E-state index contributed by atoms with van der Waals surface area (Å²) >= 11 is 0. The van der Waals surface area contributed by atoms with Crippen molar-refractivity contribution < 1.29 is 9.53 Å². The number of nitrogens with zero attached hydrogens (tertiary/aromatic N) is 2. The summed E-state index contributed by atoms with van der Waals surface area (Å²) in [7, 11) is 0. The van der Waals surface area contributed by atoms with Gasteiger partial charge in [0.2, 0.25) is 5.91 Å². The Hall–Kier alpha value is -3.47. The van der Waals surface area contributed by atoms with Crippen LogP contribution in [0.4, 0.5) is 5.82 Å². The van der Waals surface area contributed by atoms with Crippen molar-refractivity contribution in [2.24, 2.45) is 0 Å². The highest BCUT2D eigenvalue weighted by Gasteiger charge is 2.24. The first-order chi connectivity index (χ1) is 14.1. The largest absolute Gasteiger partial charge is 0.457 e. The van der Waals surface area contributed by atoms with E-state index in [1.54, 1.807) is 0 Å². The molecule has 1 aliphatic heterocycles. The van der Waals surface area contributed by atoms with Crippen LogP contribution < -0.4 is 10.5 Å². The quantitative estimate of drug-likeness (QED) is 0.635. The number of anilines is 1. The van der Waals surface area contributed by atoms with E-state index in [2.05, 4.69) is 17.3 Å². The molecule has 0 spiro atoms. The van der Waals surface area contributed by atoms with Gasteiger partial charge in [0.1, 0.15) is 17.3 Å². The van der Waals surface area contributed by atoms with Gasteiger partial charge in [-0.25, -0.2) is 0 Å². The van der Waals surface area contributed by atoms with Crippen LogP contribution in [0.1, 0.15) is 18.9 Å². The van der Waals surface area contributed by atoms with Crippen LogP contribution in [0, 0.1) is 0 Å². The van der Waals surface area contributed by atoms with Crippen LogP contribution in [-0.2, 0) is 4.79 Å². The van der Waals surface area contributed by atoms with Crippen molar-refractivity contribution in [1.82, 2.24) is 9.47 Å². The fourth-order valence-electron chi connectivity index (χ4n) is 3.82. The maximum atomic E-state index is 12.0. The molecule has 1 aromatic heterocycles. The molecule has 1 amide bonds. The number of nitrogens with two attached hydrogens (primary N) is 1. The van der Waals surface area contributed by atoms with E-state index in [1.807, 2.05) is 65.6 Å². The molecule has 1 aliphatic rings. The summed E-state index contributed by atoms with van der Waals surface area (Å²) in [6.45, 7) is 5.03. The van der Waals surface area contributed by atoms with E-state index >= 15 is 0 Å². The fourth-order valence-corrected chi connectivity index (χ4v) is 3.82. The number of hydrogen-bond acceptors (Lipinski definition) is 3. The molecule has 3 aromatic rings. The summed E-state index contributed by atoms with van der Waals surface area (Å²) in [4.78, 5) is 13.8. The zero-order valence-corrected chi connectivity index (χ0v) is 16.3. The van der Waals surface area contributed by atoms with E-state index in [4.69, 9.17) is 10.5 Å². The highest BCUT2D eigenvalue weighted by atomic mass is 16.5. The number of para-hydroxylation sites is 1. The van der Waals surface area contributed by atoms with Gasteiger partial charge in [0.15, 0.2) is 0 Å². The molecule has 0 saturated carbocycles. The lowest BCUT2D eigenvalue weighted by Gasteiger charge is -2.33. The molecule has 0 bridgehead atoms. The Morgan fingerprint density at radius 3 is 2.52 bits per heavy atom. The van der Waals surface area contributed by atoms with Crippen molar-refractivity contribution in [1.29, 1.82) is 0 Å². The van der Waals surface area contributed by atoms with Gasteiger partial charge in [-0.05, 0) is 54.8 Å². The van der Waals surface area contributed by atoms with E-state index in [-0.39, 0.29) is 11.9 Å². The molecule has 4 rings (SSSR count). The predicted molar refractivity (Wildman–Crippen MR) is 116 cm³/mol. The molecule has 1 atom stereocenters. The predicted octanol–water partition coefficient (Wildman–Crippen LogP) is 4.88. The third-order valence-electron chi connectivity index (χ3n) is 5.32. The Balaban J connectivity index is 1.50. The van der Waals surface area contributed by atoms with Crippen LogP contribution in [0.5, 0.6) is 11.5 Å². The normalized spacial score (nSPS) is 16.4. The molecule has 2 aromatic carbocycles. The van der Waals surface area contributed by atoms with Gasteiger partial charge in [0, 0.05) is 24.8 Å². The van der Waals surface area contributed by atoms with Crippen molar-refractivity contribution >= 4 is 11.7 Å². The maximum absolute atomic E-state index is 12.0. The van der Waals surface area contributed by atoms with Crippen molar-refractivity contribution in [2.75, 3.05) is 18.8 Å². The number of benzene rings is 2. The number of carbonyl (C=O) groups is 1. The van der Waals surface area contributed by atoms with Gasteiger partial charge in [-0.3, -0.25) is 4.79 Å². The minimum Gasteiger partial charge on any atom is -0.457 e. The average molecular weight is 387 g/mol. The number of hydrogen-bond donors (Lipinski definition) is 1. The molecule has 2 heterocycles. The summed E-state index contributed by atoms with van der Waals surface area (Å²) in [6.07, 6.45) is 5.42. The number of likely N-dealkylation sites (tertiary alicyclic amines) is 1. The zero-order chi connectivity index (χ0) is 20.2. The van der Waals surface area contributed by atoms with E-state index < -0.39 is 0 Å². The van der Waals surface area contributed by atoms with Crippen molar-refractivity contribution in [3.05, 3.63) is 79.5 Å². The molecule has 5 nitrogen and oxygen atoms in total. The number of aromatic nitrogens is 1. The highest BCUT2D eigenvalue weighted by molar-refractivity contribution is 5.87. The number of carbonyl (C=O) groups excluding carboxylic acids is 1. The fraction of sp³-hybridized carbons (Fsp3) is 0.208. The third kappa shape index (κ3) is 4.19. The van der Waals surface area contributed by atoms with Gasteiger partial charge >= 0.3 is 0 Å². The monoisotopic (exact) mass is 387 g/mol. The number of rotatable bonds is 5. The Morgan fingerprint density at radius 2 is 1.79 bits per heavy atom. The second kappa shape index (κ2) is 8.27. The van der Waals surface area contributed by atoms with Crippen LogP contribution >= 0.6 is 0 Å². The lowest BCUT2D eigenvalue weighted by molar-refractivity contribution is -0.127. The second-order valence-corrected chi connectivity index (χ2v) is 7.28. The van der Waals surface area contributed by atoms with E-state index in [0.717, 1.165) is 42.0 Å². The number of nitrogen functional groups attached to an aromatic ring is 1. The van der Waals surface area contributed by atoms with Crippen LogP contribution in [0.15, 0.2) is 79.5 Å². The summed E-state index contributed by atoms with van der Waals surface area (Å²) in [5.41, 5.74) is 8.44. The van der Waals surface area contributed by atoms with E-state index in [1.165, 1.54) is 6.08 Å². The summed E-state index contributed by atoms with van der Waals surface area (Å²) in [5, 5.41) is 0. The molecular weight excluding hydrogens is 362 g/mol. The summed E-state index contributed by atoms with van der Waals surface area (Å²) in [5.74, 6) is 2.29. The second-order valence-electron chi connectivity index (χ2n) is 7.28. The average Bonchev–Trinajstić information content (AvgIpc) is 3.16. The lowest BCUT2D eigenvalue weighted by atomic mass is 10.1. The minimum atomic E-state index is -0.0188. The molecule has 148 valence electrons. The van der Waals surface area contributed by atoms with Gasteiger partial charge in [0.25, 0.3) is 0 Å². The molecule has 2 N–H and O–H groups in total. The molecule has 29 heavy (non-hydrogen) atoms. The Morgan fingerprint density at radius 1 is 1.07 bits per heavy atom. The van der Waals surface area contributed by atoms with E-state index in [0.29, 0.717) is 12.4 Å². The maximum Gasteiger partial charge on any atom is 0.246 e. The molecule has 1 saturated heterocycles. The smallest absolute Gasteiger partial charge is 0.246 e. The first-order valence-corrected chi connectivity index (χ1v) is 9.86. The molecule has 5 heteroatoms. The molecule has 1 unspecified atom stereocenters. The Bertz CT molecular complexity index is 993. The Kier molecular flexibility index (Phi) is 5.38. The third-order valence-corrected chi connectivity index (χ3v) is 5.32.